The Kier molecular flexibility index (Phi) is 20.8. The summed E-state index contributed by atoms with van der Waals surface area (Å²) in [6, 6.07) is 19.9. The summed E-state index contributed by atoms with van der Waals surface area (Å²) in [5, 5.41) is 25.5. The summed E-state index contributed by atoms with van der Waals surface area (Å²) >= 11 is 0. The van der Waals surface area contributed by atoms with E-state index in [2.05, 4.69) is 20.5 Å². The monoisotopic (exact) mass is 1200 g/mol. The average molecular weight is 1210 g/mol. The van der Waals surface area contributed by atoms with Crippen LogP contribution in [0.15, 0.2) is 120 Å². The van der Waals surface area contributed by atoms with Gasteiger partial charge < -0.3 is 34.5 Å². The first-order chi connectivity index (χ1) is 37.8. The van der Waals surface area contributed by atoms with E-state index in [0.29, 0.717) is 71.5 Å². The van der Waals surface area contributed by atoms with E-state index >= 15 is 0 Å². The molecule has 0 spiro atoms. The number of benzene rings is 5. The Morgan fingerprint density at radius 3 is 2.00 bits per heavy atom. The maximum atomic E-state index is 14.5. The predicted octanol–water partition coefficient (Wildman–Crippen LogP) is 6.13. The van der Waals surface area contributed by atoms with Crippen LogP contribution >= 0.6 is 0 Å². The molecule has 1 aliphatic heterocycles. The number of aliphatic hydroxyl groups is 1. The van der Waals surface area contributed by atoms with E-state index in [1.165, 1.54) is 17.0 Å². The molecule has 1 aliphatic carbocycles. The summed E-state index contributed by atoms with van der Waals surface area (Å²) in [6.45, 7) is 8.01. The van der Waals surface area contributed by atoms with Crippen LogP contribution in [0.1, 0.15) is 74.0 Å². The third-order valence-electron chi connectivity index (χ3n) is 12.8. The number of nitrogens with one attached hydrogen (secondary N) is 2. The third-order valence-corrected chi connectivity index (χ3v) is 16.4. The first kappa shape index (κ1) is 63.9. The molecular formula is C53H64N4O20S4. The molecule has 0 fully saturated rings. The maximum Gasteiger partial charge on any atom is 0.294 e. The molecule has 4 aromatic carbocycles. The van der Waals surface area contributed by atoms with Crippen LogP contribution in [0.5, 0.6) is 0 Å². The van der Waals surface area contributed by atoms with Gasteiger partial charge in [0.2, 0.25) is 5.91 Å². The van der Waals surface area contributed by atoms with Gasteiger partial charge in [0.15, 0.2) is 0 Å². The number of hydrogen-bond donors (Lipinski definition) is 8. The van der Waals surface area contributed by atoms with Crippen molar-refractivity contribution in [1.82, 2.24) is 10.2 Å². The van der Waals surface area contributed by atoms with E-state index in [1.807, 2.05) is 27.7 Å². The van der Waals surface area contributed by atoms with E-state index in [4.69, 9.17) is 19.1 Å². The number of fused-ring (bicyclic) bond motifs is 2. The van der Waals surface area contributed by atoms with Gasteiger partial charge in [-0.1, -0.05) is 44.2 Å². The lowest BCUT2D eigenvalue weighted by atomic mass is 9.89. The SMILES string of the molecule is CN(CCCC(=O)NCCOC(C)(C)CCOCC(C)(C)COO)C(=O)c1ccccc1-c1c2cc(CCO)/c(=N/Cc3ccc(S(=O)(=O)O)cc3S(=O)(=O)O)cc-2oc2cc(NCc3ccc(S(=O)(=O)O)cc3S(=O)(=O)O)ccc12. The number of amides is 2. The Hall–Kier alpha value is -6.25. The van der Waals surface area contributed by atoms with Crippen LogP contribution in [0.3, 0.4) is 0 Å². The van der Waals surface area contributed by atoms with Crippen molar-refractivity contribution in [2.24, 2.45) is 10.4 Å². The van der Waals surface area contributed by atoms with Crippen LogP contribution in [0.25, 0.3) is 33.4 Å². The Balaban J connectivity index is 1.32. The number of aliphatic hydroxyl groups excluding tert-OH is 1. The summed E-state index contributed by atoms with van der Waals surface area (Å²) in [7, 11) is -18.2. The number of rotatable bonds is 28. The molecule has 0 radical (unpaired) electrons. The molecule has 0 aromatic heterocycles. The second kappa shape index (κ2) is 26.3. The standard InChI is InChI=1S/C53H64N4O20S4/c1-52(2,33-76-61)32-74-23-19-53(3,4)75-24-20-54-49(59)11-8-21-57(5)51(60)41-10-7-6-9-40(41)50-42-17-14-37(55-30-35-12-15-38(78(62,63)64)27-47(35)80(68,69)70)26-45(42)77-46-29-44(34(18-22-58)25-43(46)50)56-31-36-13-16-39(79(65,66)67)28-48(36)81(71,72)73/h6-7,9-10,12-17,25-29,55,58,61H,8,11,18-24,30-33H2,1-5H3,(H,54,59)(H,62,63,64)(H,65,66,67)(H,68,69,70)(H,71,72,73)/b56-44+. The molecule has 0 saturated carbocycles. The molecule has 28 heteroatoms. The Morgan fingerprint density at radius 2 is 1.37 bits per heavy atom. The van der Waals surface area contributed by atoms with Gasteiger partial charge in [-0.15, -0.1) is 0 Å². The van der Waals surface area contributed by atoms with Crippen molar-refractivity contribution < 1.29 is 90.6 Å². The number of carbonyl (C=O) groups excluding carboxylic acids is 2. The molecule has 24 nitrogen and oxygen atoms in total. The Labute approximate surface area is 469 Å². The van der Waals surface area contributed by atoms with Gasteiger partial charge in [0.25, 0.3) is 46.4 Å². The first-order valence-corrected chi connectivity index (χ1v) is 30.7. The summed E-state index contributed by atoms with van der Waals surface area (Å²) in [5.41, 5.74) is 1.25. The number of carbonyl (C=O) groups is 2. The van der Waals surface area contributed by atoms with Gasteiger partial charge in [0, 0.05) is 91.6 Å². The molecule has 1 heterocycles. The van der Waals surface area contributed by atoms with Crippen LogP contribution in [0.4, 0.5) is 5.69 Å². The lowest BCUT2D eigenvalue weighted by Gasteiger charge is -2.27. The zero-order valence-electron chi connectivity index (χ0n) is 44.8. The highest BCUT2D eigenvalue weighted by molar-refractivity contribution is 7.87. The van der Waals surface area contributed by atoms with E-state index in [0.717, 1.165) is 24.3 Å². The van der Waals surface area contributed by atoms with E-state index in [1.54, 1.807) is 49.5 Å². The molecular weight excluding hydrogens is 1140 g/mol. The fourth-order valence-corrected chi connectivity index (χ4v) is 11.2. The van der Waals surface area contributed by atoms with Gasteiger partial charge in [0.1, 0.15) is 21.1 Å². The summed E-state index contributed by atoms with van der Waals surface area (Å²) in [4.78, 5) is 34.5. The highest BCUT2D eigenvalue weighted by Crippen LogP contribution is 2.43. The fraction of sp³-hybridized carbons (Fsp3) is 0.377. The van der Waals surface area contributed by atoms with Gasteiger partial charge in [-0.05, 0) is 104 Å². The van der Waals surface area contributed by atoms with Gasteiger partial charge in [-0.2, -0.15) is 33.7 Å². The van der Waals surface area contributed by atoms with Crippen molar-refractivity contribution in [2.45, 2.75) is 91.7 Å². The Morgan fingerprint density at radius 1 is 0.728 bits per heavy atom. The molecule has 0 unspecified atom stereocenters. The lowest BCUT2D eigenvalue weighted by molar-refractivity contribution is -0.263. The number of anilines is 1. The van der Waals surface area contributed by atoms with Crippen molar-refractivity contribution in [1.29, 1.82) is 0 Å². The van der Waals surface area contributed by atoms with Crippen LogP contribution in [0.2, 0.25) is 0 Å². The van der Waals surface area contributed by atoms with Crippen LogP contribution in [0, 0.1) is 5.41 Å². The highest BCUT2D eigenvalue weighted by Gasteiger charge is 2.27. The second-order valence-corrected chi connectivity index (χ2v) is 25.9. The molecule has 8 N–H and O–H groups in total. The van der Waals surface area contributed by atoms with Crippen molar-refractivity contribution in [2.75, 3.05) is 58.5 Å². The zero-order chi connectivity index (χ0) is 59.7. The fourth-order valence-electron chi connectivity index (χ4n) is 8.59. The molecule has 2 amide bonds. The van der Waals surface area contributed by atoms with Crippen LogP contribution < -0.4 is 16.0 Å². The van der Waals surface area contributed by atoms with Gasteiger partial charge >= 0.3 is 0 Å². The van der Waals surface area contributed by atoms with Gasteiger partial charge in [-0.25, -0.2) is 4.89 Å². The van der Waals surface area contributed by atoms with Crippen LogP contribution in [-0.2, 0) is 79.1 Å². The van der Waals surface area contributed by atoms with E-state index in [9.17, 15) is 66.6 Å². The van der Waals surface area contributed by atoms with Crippen molar-refractivity contribution in [3.05, 3.63) is 119 Å². The minimum absolute atomic E-state index is 0.0150. The number of hydrogen-bond acceptors (Lipinski definition) is 18. The lowest BCUT2D eigenvalue weighted by Crippen LogP contribution is -2.34. The van der Waals surface area contributed by atoms with Gasteiger partial charge in [-0.3, -0.25) is 38.0 Å². The topological polar surface area (TPSA) is 373 Å². The maximum absolute atomic E-state index is 14.5. The smallest absolute Gasteiger partial charge is 0.294 e. The summed E-state index contributed by atoms with van der Waals surface area (Å²) < 4.78 is 154. The minimum Gasteiger partial charge on any atom is -0.456 e. The van der Waals surface area contributed by atoms with E-state index < -0.39 is 84.7 Å². The minimum atomic E-state index is -5.06. The normalized spacial score (nSPS) is 13.0. The Bertz CT molecular complexity index is 3790. The molecule has 0 bridgehead atoms. The predicted molar refractivity (Wildman–Crippen MR) is 295 cm³/mol. The van der Waals surface area contributed by atoms with E-state index in [-0.39, 0.29) is 90.4 Å². The molecule has 0 atom stereocenters. The summed E-state index contributed by atoms with van der Waals surface area (Å²) in [6.07, 6.45) is 0.955. The number of nitrogens with zero attached hydrogens (tertiary/aromatic N) is 2. The third kappa shape index (κ3) is 17.4. The van der Waals surface area contributed by atoms with Crippen molar-refractivity contribution >= 4 is 68.9 Å². The van der Waals surface area contributed by atoms with Gasteiger partial charge in [0.05, 0.1) is 47.1 Å². The first-order valence-electron chi connectivity index (χ1n) is 25.0. The highest BCUT2D eigenvalue weighted by atomic mass is 32.2. The molecule has 440 valence electrons. The zero-order valence-corrected chi connectivity index (χ0v) is 48.0. The van der Waals surface area contributed by atoms with Crippen molar-refractivity contribution in [3.63, 3.8) is 0 Å². The van der Waals surface area contributed by atoms with Crippen LogP contribution in [-0.4, -0.2) is 138 Å². The average Bonchev–Trinajstić information content (AvgIpc) is 3.38. The molecule has 81 heavy (non-hydrogen) atoms. The largest absolute Gasteiger partial charge is 0.456 e. The quantitative estimate of drug-likeness (QED) is 0.00900. The molecule has 0 saturated heterocycles. The summed E-state index contributed by atoms with van der Waals surface area (Å²) in [5.74, 6) is -0.527. The number of ether oxygens (including phenoxy) is 2. The molecule has 2 aliphatic rings. The van der Waals surface area contributed by atoms with Crippen molar-refractivity contribution in [3.8, 4) is 22.5 Å². The second-order valence-electron chi connectivity index (χ2n) is 20.3. The molecule has 4 aromatic rings. The molecule has 6 rings (SSSR count).